The summed E-state index contributed by atoms with van der Waals surface area (Å²) >= 11 is 0. The maximum atomic E-state index is 12.4. The fourth-order valence-corrected chi connectivity index (χ4v) is 2.59. The maximum absolute atomic E-state index is 12.4. The van der Waals surface area contributed by atoms with E-state index in [1.807, 2.05) is 68.4 Å². The summed E-state index contributed by atoms with van der Waals surface area (Å²) in [5, 5.41) is 6.14. The van der Waals surface area contributed by atoms with Crippen LogP contribution in [0.3, 0.4) is 0 Å². The topological polar surface area (TPSA) is 63.2 Å². The van der Waals surface area contributed by atoms with Crippen molar-refractivity contribution >= 4 is 17.4 Å². The molecule has 1 amide bonds. The van der Waals surface area contributed by atoms with Gasteiger partial charge in [-0.25, -0.2) is 4.98 Å². The molecule has 1 aromatic heterocycles. The Morgan fingerprint density at radius 3 is 2.41 bits per heavy atom. The van der Waals surface area contributed by atoms with Gasteiger partial charge in [0.1, 0.15) is 11.6 Å². The van der Waals surface area contributed by atoms with Gasteiger partial charge in [0, 0.05) is 12.1 Å². The molecular weight excluding hydrogens is 338 g/mol. The molecule has 1 heterocycles. The molecule has 0 spiro atoms. The van der Waals surface area contributed by atoms with Gasteiger partial charge in [-0.3, -0.25) is 4.79 Å². The third-order valence-electron chi connectivity index (χ3n) is 4.42. The minimum absolute atomic E-state index is 0.140. The Morgan fingerprint density at radius 1 is 1.00 bits per heavy atom. The molecule has 3 aromatic rings. The summed E-state index contributed by atoms with van der Waals surface area (Å²) < 4.78 is 5.15. The highest BCUT2D eigenvalue weighted by atomic mass is 16.5. The Balaban J connectivity index is 1.57. The Hall–Kier alpha value is -3.34. The van der Waals surface area contributed by atoms with Gasteiger partial charge in [0.15, 0.2) is 0 Å². The van der Waals surface area contributed by atoms with Gasteiger partial charge in [0.25, 0.3) is 5.91 Å². The number of pyridine rings is 1. The molecule has 0 aliphatic rings. The van der Waals surface area contributed by atoms with Crippen molar-refractivity contribution in [3.05, 3.63) is 83.0 Å². The normalized spacial score (nSPS) is 10.3. The molecule has 0 aliphatic heterocycles. The van der Waals surface area contributed by atoms with Gasteiger partial charge in [0.05, 0.1) is 19.0 Å². The quantitative estimate of drug-likeness (QED) is 0.675. The van der Waals surface area contributed by atoms with Crippen LogP contribution < -0.4 is 15.4 Å². The fourth-order valence-electron chi connectivity index (χ4n) is 2.59. The van der Waals surface area contributed by atoms with Gasteiger partial charge in [-0.15, -0.1) is 0 Å². The Bertz CT molecular complexity index is 919. The Morgan fingerprint density at radius 2 is 1.78 bits per heavy atom. The SMILES string of the molecule is COc1ccc(CNc2ccc(NC(=O)c3ccc(C)c(C)c3)cn2)cc1. The van der Waals surface area contributed by atoms with E-state index in [1.165, 1.54) is 5.56 Å². The molecule has 0 unspecified atom stereocenters. The number of carbonyl (C=O) groups excluding carboxylic acids is 1. The van der Waals surface area contributed by atoms with Gasteiger partial charge < -0.3 is 15.4 Å². The van der Waals surface area contributed by atoms with Crippen molar-refractivity contribution in [1.82, 2.24) is 4.98 Å². The van der Waals surface area contributed by atoms with Crippen LogP contribution in [0.25, 0.3) is 0 Å². The number of anilines is 2. The molecule has 0 atom stereocenters. The molecule has 0 saturated heterocycles. The number of aryl methyl sites for hydroxylation is 2. The first kappa shape index (κ1) is 18.5. The highest BCUT2D eigenvalue weighted by Crippen LogP contribution is 2.16. The van der Waals surface area contributed by atoms with Gasteiger partial charge >= 0.3 is 0 Å². The summed E-state index contributed by atoms with van der Waals surface area (Å²) in [6.45, 7) is 4.68. The molecule has 27 heavy (non-hydrogen) atoms. The first-order chi connectivity index (χ1) is 13.0. The number of nitrogens with one attached hydrogen (secondary N) is 2. The van der Waals surface area contributed by atoms with E-state index in [-0.39, 0.29) is 5.91 Å². The molecule has 5 nitrogen and oxygen atoms in total. The summed E-state index contributed by atoms with van der Waals surface area (Å²) in [5.74, 6) is 1.44. The number of aromatic nitrogens is 1. The molecule has 0 radical (unpaired) electrons. The molecule has 138 valence electrons. The zero-order chi connectivity index (χ0) is 19.2. The van der Waals surface area contributed by atoms with Gasteiger partial charge in [-0.1, -0.05) is 18.2 Å². The summed E-state index contributed by atoms with van der Waals surface area (Å²) in [5.41, 5.74) is 4.69. The number of ether oxygens (including phenoxy) is 1. The van der Waals surface area contributed by atoms with E-state index in [2.05, 4.69) is 15.6 Å². The van der Waals surface area contributed by atoms with Crippen LogP contribution in [0.1, 0.15) is 27.0 Å². The maximum Gasteiger partial charge on any atom is 0.255 e. The highest BCUT2D eigenvalue weighted by molar-refractivity contribution is 6.04. The van der Waals surface area contributed by atoms with Crippen molar-refractivity contribution in [1.29, 1.82) is 0 Å². The van der Waals surface area contributed by atoms with Crippen molar-refractivity contribution < 1.29 is 9.53 Å². The zero-order valence-corrected chi connectivity index (χ0v) is 15.7. The van der Waals surface area contributed by atoms with E-state index in [4.69, 9.17) is 4.74 Å². The van der Waals surface area contributed by atoms with Crippen molar-refractivity contribution in [2.75, 3.05) is 17.7 Å². The van der Waals surface area contributed by atoms with Crippen LogP contribution in [-0.2, 0) is 6.54 Å². The molecule has 0 saturated carbocycles. The van der Waals surface area contributed by atoms with Crippen LogP contribution in [0.5, 0.6) is 5.75 Å². The van der Waals surface area contributed by atoms with Gasteiger partial charge in [-0.2, -0.15) is 0 Å². The smallest absolute Gasteiger partial charge is 0.255 e. The van der Waals surface area contributed by atoms with Crippen LogP contribution >= 0.6 is 0 Å². The lowest BCUT2D eigenvalue weighted by atomic mass is 10.1. The first-order valence-electron chi connectivity index (χ1n) is 8.76. The first-order valence-corrected chi connectivity index (χ1v) is 8.76. The van der Waals surface area contributed by atoms with Crippen molar-refractivity contribution in [3.63, 3.8) is 0 Å². The average Bonchev–Trinajstić information content (AvgIpc) is 2.70. The minimum Gasteiger partial charge on any atom is -0.497 e. The predicted octanol–water partition coefficient (Wildman–Crippen LogP) is 4.57. The number of hydrogen-bond donors (Lipinski definition) is 2. The monoisotopic (exact) mass is 361 g/mol. The summed E-state index contributed by atoms with van der Waals surface area (Å²) in [4.78, 5) is 16.7. The number of nitrogens with zero attached hydrogens (tertiary/aromatic N) is 1. The lowest BCUT2D eigenvalue weighted by molar-refractivity contribution is 0.102. The number of hydrogen-bond acceptors (Lipinski definition) is 4. The van der Waals surface area contributed by atoms with Crippen molar-refractivity contribution in [2.45, 2.75) is 20.4 Å². The second-order valence-corrected chi connectivity index (χ2v) is 6.39. The van der Waals surface area contributed by atoms with Gasteiger partial charge in [-0.05, 0) is 66.9 Å². The second-order valence-electron chi connectivity index (χ2n) is 6.39. The standard InChI is InChI=1S/C22H23N3O2/c1-15-4-7-18(12-16(15)2)22(26)25-19-8-11-21(24-14-19)23-13-17-5-9-20(27-3)10-6-17/h4-12,14H,13H2,1-3H3,(H,23,24)(H,25,26). The Kier molecular flexibility index (Phi) is 5.71. The highest BCUT2D eigenvalue weighted by Gasteiger charge is 2.07. The number of benzene rings is 2. The molecule has 3 rings (SSSR count). The van der Waals surface area contributed by atoms with E-state index < -0.39 is 0 Å². The average molecular weight is 361 g/mol. The van der Waals surface area contributed by atoms with Crippen molar-refractivity contribution in [2.24, 2.45) is 0 Å². The Labute approximate surface area is 159 Å². The fraction of sp³-hybridized carbons (Fsp3) is 0.182. The molecule has 0 aliphatic carbocycles. The molecule has 0 bridgehead atoms. The lowest BCUT2D eigenvalue weighted by Crippen LogP contribution is -2.12. The van der Waals surface area contributed by atoms with E-state index in [0.717, 1.165) is 22.7 Å². The summed E-state index contributed by atoms with van der Waals surface area (Å²) in [7, 11) is 1.65. The molecule has 2 N–H and O–H groups in total. The van der Waals surface area contributed by atoms with Crippen LogP contribution in [0, 0.1) is 13.8 Å². The van der Waals surface area contributed by atoms with Crippen LogP contribution in [0.2, 0.25) is 0 Å². The number of amides is 1. The molecular formula is C22H23N3O2. The predicted molar refractivity (Wildman–Crippen MR) is 108 cm³/mol. The van der Waals surface area contributed by atoms with E-state index in [9.17, 15) is 4.79 Å². The largest absolute Gasteiger partial charge is 0.497 e. The molecule has 5 heteroatoms. The number of methoxy groups -OCH3 is 1. The minimum atomic E-state index is -0.140. The third kappa shape index (κ3) is 4.85. The van der Waals surface area contributed by atoms with Crippen LogP contribution in [-0.4, -0.2) is 18.0 Å². The third-order valence-corrected chi connectivity index (χ3v) is 4.42. The molecule has 0 fully saturated rings. The van der Waals surface area contributed by atoms with Crippen LogP contribution in [0.15, 0.2) is 60.8 Å². The van der Waals surface area contributed by atoms with Crippen LogP contribution in [0.4, 0.5) is 11.5 Å². The van der Waals surface area contributed by atoms with E-state index in [0.29, 0.717) is 17.8 Å². The summed E-state index contributed by atoms with van der Waals surface area (Å²) in [6.07, 6.45) is 1.65. The van der Waals surface area contributed by atoms with Gasteiger partial charge in [0.2, 0.25) is 0 Å². The summed E-state index contributed by atoms with van der Waals surface area (Å²) in [6, 6.07) is 17.2. The lowest BCUT2D eigenvalue weighted by Gasteiger charge is -2.09. The number of rotatable bonds is 6. The molecule has 2 aromatic carbocycles. The second kappa shape index (κ2) is 8.36. The zero-order valence-electron chi connectivity index (χ0n) is 15.7. The van der Waals surface area contributed by atoms with E-state index >= 15 is 0 Å². The van der Waals surface area contributed by atoms with Crippen molar-refractivity contribution in [3.8, 4) is 5.75 Å². The van der Waals surface area contributed by atoms with E-state index in [1.54, 1.807) is 13.3 Å². The number of carbonyl (C=O) groups is 1.